The molecule has 43 heavy (non-hydrogen) atoms. The molecule has 3 aromatic rings. The number of amides is 3. The number of nitrogens with zero attached hydrogens (tertiary/aromatic N) is 4. The Morgan fingerprint density at radius 1 is 1.05 bits per heavy atom. The van der Waals surface area contributed by atoms with E-state index in [0.29, 0.717) is 18.7 Å². The molecule has 2 saturated heterocycles. The number of aromatic nitrogens is 4. The number of nitrogens with one attached hydrogen (secondary N) is 4. The predicted octanol–water partition coefficient (Wildman–Crippen LogP) is 2.49. The van der Waals surface area contributed by atoms with Crippen molar-refractivity contribution < 1.29 is 32.2 Å². The number of carbonyl (C=O) groups excluding carboxylic acids is 2. The van der Waals surface area contributed by atoms with E-state index >= 15 is 0 Å². The normalized spacial score (nSPS) is 22.8. The van der Waals surface area contributed by atoms with Gasteiger partial charge in [0.1, 0.15) is 18.5 Å². The van der Waals surface area contributed by atoms with Crippen LogP contribution in [-0.2, 0) is 29.0 Å². The zero-order valence-corrected chi connectivity index (χ0v) is 25.2. The Labute approximate surface area is 249 Å². The Morgan fingerprint density at radius 2 is 1.84 bits per heavy atom. The first-order valence-electron chi connectivity index (χ1n) is 14.2. The molecule has 0 spiro atoms. The van der Waals surface area contributed by atoms with Crippen LogP contribution in [-0.4, -0.2) is 77.1 Å². The van der Waals surface area contributed by atoms with E-state index in [4.69, 9.17) is 14.2 Å². The molecule has 2 aliphatic heterocycles. The highest BCUT2D eigenvalue weighted by molar-refractivity contribution is 7.89. The summed E-state index contributed by atoms with van der Waals surface area (Å²) in [6, 6.07) is 5.28. The molecule has 2 fully saturated rings. The summed E-state index contributed by atoms with van der Waals surface area (Å²) in [6.07, 6.45) is 2.39. The fourth-order valence-electron chi connectivity index (χ4n) is 5.09. The first-order chi connectivity index (χ1) is 20.5. The number of likely N-dealkylation sites (N-methyl/N-ethyl adjacent to an activating group) is 1. The van der Waals surface area contributed by atoms with Gasteiger partial charge in [-0.3, -0.25) is 14.7 Å². The number of urea groups is 1. The van der Waals surface area contributed by atoms with Crippen molar-refractivity contribution in [2.45, 2.75) is 82.2 Å². The number of rotatable bonds is 11. The van der Waals surface area contributed by atoms with Crippen molar-refractivity contribution in [1.29, 1.82) is 0 Å². The van der Waals surface area contributed by atoms with E-state index in [0.717, 1.165) is 19.3 Å². The quantitative estimate of drug-likeness (QED) is 0.233. The number of ether oxygens (including phenoxy) is 3. The number of benzene rings is 1. The second-order valence-electron chi connectivity index (χ2n) is 10.7. The number of carbonyl (C=O) groups is 2. The lowest BCUT2D eigenvalue weighted by Gasteiger charge is -2.24. The monoisotopic (exact) mass is 616 g/mol. The van der Waals surface area contributed by atoms with Gasteiger partial charge in [-0.05, 0) is 45.4 Å². The van der Waals surface area contributed by atoms with Crippen LogP contribution in [0, 0.1) is 0 Å². The minimum absolute atomic E-state index is 0.0343. The summed E-state index contributed by atoms with van der Waals surface area (Å²) >= 11 is 0. The third-order valence-corrected chi connectivity index (χ3v) is 8.44. The average Bonchev–Trinajstić information content (AvgIpc) is 3.62. The first-order valence-corrected chi connectivity index (χ1v) is 15.7. The molecule has 5 rings (SSSR count). The third-order valence-electron chi connectivity index (χ3n) is 6.98. The minimum Gasteiger partial charge on any atom is -0.354 e. The van der Waals surface area contributed by atoms with Crippen molar-refractivity contribution in [2.24, 2.45) is 0 Å². The van der Waals surface area contributed by atoms with Gasteiger partial charge in [0.2, 0.25) is 10.0 Å². The Bertz CT molecular complexity index is 1590. The van der Waals surface area contributed by atoms with Crippen LogP contribution < -0.4 is 20.7 Å². The van der Waals surface area contributed by atoms with Crippen molar-refractivity contribution in [2.75, 3.05) is 23.7 Å². The van der Waals surface area contributed by atoms with Crippen LogP contribution in [0.1, 0.15) is 53.2 Å². The molecule has 2 unspecified atom stereocenters. The molecule has 1 aromatic carbocycles. The van der Waals surface area contributed by atoms with E-state index in [1.54, 1.807) is 30.5 Å². The van der Waals surface area contributed by atoms with Gasteiger partial charge in [0.15, 0.2) is 35.1 Å². The molecule has 16 heteroatoms. The maximum Gasteiger partial charge on any atom is 0.324 e. The Balaban J connectivity index is 1.32. The summed E-state index contributed by atoms with van der Waals surface area (Å²) in [5, 5.41) is 8.04. The minimum atomic E-state index is -3.73. The molecule has 0 bridgehead atoms. The van der Waals surface area contributed by atoms with Crippen LogP contribution in [0.4, 0.5) is 16.3 Å². The third kappa shape index (κ3) is 6.62. The summed E-state index contributed by atoms with van der Waals surface area (Å²) in [5.74, 6) is -1.13. The largest absolute Gasteiger partial charge is 0.354 e. The van der Waals surface area contributed by atoms with Crippen LogP contribution in [0.15, 0.2) is 41.8 Å². The molecule has 15 nitrogen and oxygen atoms in total. The van der Waals surface area contributed by atoms with Gasteiger partial charge in [-0.2, -0.15) is 0 Å². The molecule has 4 atom stereocenters. The van der Waals surface area contributed by atoms with Crippen LogP contribution >= 0.6 is 0 Å². The van der Waals surface area contributed by atoms with Crippen molar-refractivity contribution in [3.63, 3.8) is 0 Å². The fraction of sp³-hybridized carbons (Fsp3) is 0.519. The smallest absolute Gasteiger partial charge is 0.324 e. The van der Waals surface area contributed by atoms with Gasteiger partial charge in [-0.25, -0.2) is 32.9 Å². The Kier molecular flexibility index (Phi) is 8.94. The molecule has 232 valence electrons. The standard InChI is InChI=1S/C27H36N8O7S/c1-5-7-8-12-32-43(38,39)17-11-9-10-16(13-17)33-26(37)34-22-18-23(30-14-29-22)35(15-31-18)25-21-19(41-27(3,4)42-21)20(40-25)24(36)28-6-2/h9-11,13-15,19-21,25,32H,5-8,12H2,1-4H3,(H,28,36)(H2,29,30,33,34,37)/t19?,20-,21?,25+/m0/s1. The van der Waals surface area contributed by atoms with Crippen molar-refractivity contribution in [3.8, 4) is 0 Å². The summed E-state index contributed by atoms with van der Waals surface area (Å²) in [7, 11) is -3.73. The van der Waals surface area contributed by atoms with E-state index in [2.05, 4.69) is 35.6 Å². The second-order valence-corrected chi connectivity index (χ2v) is 12.4. The highest BCUT2D eigenvalue weighted by Crippen LogP contribution is 2.44. The molecule has 2 aliphatic rings. The van der Waals surface area contributed by atoms with Crippen molar-refractivity contribution >= 4 is 44.6 Å². The van der Waals surface area contributed by atoms with Crippen LogP contribution in [0.25, 0.3) is 11.2 Å². The number of sulfonamides is 1. The van der Waals surface area contributed by atoms with E-state index in [1.165, 1.54) is 24.8 Å². The molecule has 0 aliphatic carbocycles. The van der Waals surface area contributed by atoms with Crippen LogP contribution in [0.3, 0.4) is 0 Å². The summed E-state index contributed by atoms with van der Waals surface area (Å²) in [5.41, 5.74) is 0.874. The maximum atomic E-state index is 12.9. The van der Waals surface area contributed by atoms with Crippen LogP contribution in [0.2, 0.25) is 0 Å². The van der Waals surface area contributed by atoms with Gasteiger partial charge in [-0.15, -0.1) is 0 Å². The Morgan fingerprint density at radius 3 is 2.60 bits per heavy atom. The second kappa shape index (κ2) is 12.5. The predicted molar refractivity (Wildman–Crippen MR) is 156 cm³/mol. The van der Waals surface area contributed by atoms with Gasteiger partial charge in [0.25, 0.3) is 5.91 Å². The van der Waals surface area contributed by atoms with Gasteiger partial charge >= 0.3 is 6.03 Å². The summed E-state index contributed by atoms with van der Waals surface area (Å²) in [4.78, 5) is 38.6. The van der Waals surface area contributed by atoms with E-state index in [1.807, 2.05) is 13.8 Å². The number of hydrogen-bond donors (Lipinski definition) is 4. The van der Waals surface area contributed by atoms with E-state index in [-0.39, 0.29) is 27.8 Å². The Hall–Kier alpha value is -3.70. The maximum absolute atomic E-state index is 12.9. The molecule has 4 N–H and O–H groups in total. The molecule has 2 aromatic heterocycles. The number of unbranched alkanes of at least 4 members (excludes halogenated alkanes) is 2. The number of imidazole rings is 1. The molecule has 3 amide bonds. The van der Waals surface area contributed by atoms with Gasteiger partial charge in [-0.1, -0.05) is 25.8 Å². The highest BCUT2D eigenvalue weighted by Gasteiger charge is 2.58. The lowest BCUT2D eigenvalue weighted by molar-refractivity contribution is -0.197. The zero-order chi connectivity index (χ0) is 30.8. The SMILES string of the molecule is CCCCCNS(=O)(=O)c1cccc(NC(=O)Nc2ncnc3c2ncn3[C@@H]2O[C@H](C(=O)NCC)C3OC(C)(C)OC32)c1. The lowest BCUT2D eigenvalue weighted by atomic mass is 10.1. The first kappa shape index (κ1) is 30.7. The molecule has 0 saturated carbocycles. The van der Waals surface area contributed by atoms with Gasteiger partial charge in [0, 0.05) is 18.8 Å². The van der Waals surface area contributed by atoms with Crippen molar-refractivity contribution in [3.05, 3.63) is 36.9 Å². The molecule has 4 heterocycles. The van der Waals surface area contributed by atoms with Gasteiger partial charge < -0.3 is 24.8 Å². The number of hydrogen-bond acceptors (Lipinski definition) is 10. The number of anilines is 2. The average molecular weight is 617 g/mol. The van der Waals surface area contributed by atoms with Crippen molar-refractivity contribution in [1.82, 2.24) is 29.6 Å². The summed E-state index contributed by atoms with van der Waals surface area (Å²) < 4.78 is 47.7. The molecular formula is C27H36N8O7S. The van der Waals surface area contributed by atoms with E-state index < -0.39 is 46.4 Å². The number of fused-ring (bicyclic) bond motifs is 2. The van der Waals surface area contributed by atoms with Crippen LogP contribution in [0.5, 0.6) is 0 Å². The van der Waals surface area contributed by atoms with Gasteiger partial charge in [0.05, 0.1) is 11.2 Å². The molecule has 0 radical (unpaired) electrons. The zero-order valence-electron chi connectivity index (χ0n) is 24.4. The topological polar surface area (TPSA) is 188 Å². The lowest BCUT2D eigenvalue weighted by Crippen LogP contribution is -2.42. The van der Waals surface area contributed by atoms with E-state index in [9.17, 15) is 18.0 Å². The highest BCUT2D eigenvalue weighted by atomic mass is 32.2. The molecular weight excluding hydrogens is 580 g/mol. The summed E-state index contributed by atoms with van der Waals surface area (Å²) in [6.45, 7) is 8.15. The fourth-order valence-corrected chi connectivity index (χ4v) is 6.21.